The van der Waals surface area contributed by atoms with Gasteiger partial charge < -0.3 is 10.4 Å². The lowest BCUT2D eigenvalue weighted by molar-refractivity contribution is -0.138. The van der Waals surface area contributed by atoms with Crippen LogP contribution in [0.3, 0.4) is 0 Å². The van der Waals surface area contributed by atoms with Crippen LogP contribution in [0.5, 0.6) is 0 Å². The standard InChI is InChI=1S/C23H18BrClF4N2O3/c1-11-19(14-9-13(24)6-7-17(14)31-21(11)25)22(34)30-10-12(5-8-18(32)33)20-15(23(27,28)29)3-2-4-16(20)26/h2-4,6-7,9,12H,5,8,10H2,1H3,(H,30,34)(H,32,33). The fourth-order valence-electron chi connectivity index (χ4n) is 3.74. The summed E-state index contributed by atoms with van der Waals surface area (Å²) in [7, 11) is 0. The number of rotatable bonds is 7. The van der Waals surface area contributed by atoms with Crippen LogP contribution in [0.4, 0.5) is 17.6 Å². The number of carboxylic acids is 1. The van der Waals surface area contributed by atoms with Gasteiger partial charge in [0.1, 0.15) is 11.0 Å². The topological polar surface area (TPSA) is 79.3 Å². The predicted octanol–water partition coefficient (Wildman–Crippen LogP) is 6.50. The quantitative estimate of drug-likeness (QED) is 0.255. The van der Waals surface area contributed by atoms with E-state index < -0.39 is 53.9 Å². The van der Waals surface area contributed by atoms with E-state index in [9.17, 15) is 27.2 Å². The molecule has 0 aliphatic heterocycles. The Labute approximate surface area is 205 Å². The van der Waals surface area contributed by atoms with Crippen molar-refractivity contribution in [3.63, 3.8) is 0 Å². The van der Waals surface area contributed by atoms with Gasteiger partial charge in [0, 0.05) is 34.3 Å². The normalized spacial score (nSPS) is 12.6. The van der Waals surface area contributed by atoms with E-state index in [0.29, 0.717) is 20.9 Å². The highest BCUT2D eigenvalue weighted by Gasteiger charge is 2.37. The third kappa shape index (κ3) is 5.67. The number of aromatic nitrogens is 1. The monoisotopic (exact) mass is 560 g/mol. The third-order valence-electron chi connectivity index (χ3n) is 5.34. The molecule has 1 unspecified atom stereocenters. The summed E-state index contributed by atoms with van der Waals surface area (Å²) < 4.78 is 55.9. The van der Waals surface area contributed by atoms with Gasteiger partial charge in [0.05, 0.1) is 16.6 Å². The highest BCUT2D eigenvalue weighted by atomic mass is 79.9. The van der Waals surface area contributed by atoms with Crippen molar-refractivity contribution in [2.45, 2.75) is 31.9 Å². The van der Waals surface area contributed by atoms with Crippen LogP contribution in [-0.2, 0) is 11.0 Å². The molecule has 34 heavy (non-hydrogen) atoms. The van der Waals surface area contributed by atoms with Gasteiger partial charge in [0.25, 0.3) is 5.91 Å². The van der Waals surface area contributed by atoms with Crippen molar-refractivity contribution in [3.8, 4) is 0 Å². The molecule has 3 aromatic rings. The first kappa shape index (κ1) is 25.9. The Morgan fingerprint density at radius 2 is 1.94 bits per heavy atom. The van der Waals surface area contributed by atoms with E-state index in [1.54, 1.807) is 25.1 Å². The van der Waals surface area contributed by atoms with Crippen LogP contribution in [0, 0.1) is 12.7 Å². The van der Waals surface area contributed by atoms with Gasteiger partial charge in [0.15, 0.2) is 0 Å². The minimum atomic E-state index is -4.86. The Morgan fingerprint density at radius 3 is 2.59 bits per heavy atom. The molecule has 1 aromatic heterocycles. The van der Waals surface area contributed by atoms with E-state index in [1.807, 2.05) is 0 Å². The molecule has 0 radical (unpaired) electrons. The number of amides is 1. The second-order valence-electron chi connectivity index (χ2n) is 7.60. The van der Waals surface area contributed by atoms with Gasteiger partial charge in [-0.2, -0.15) is 13.2 Å². The number of nitrogens with one attached hydrogen (secondary N) is 1. The summed E-state index contributed by atoms with van der Waals surface area (Å²) in [4.78, 5) is 28.5. The average molecular weight is 562 g/mol. The molecule has 2 N–H and O–H groups in total. The molecule has 3 rings (SSSR count). The van der Waals surface area contributed by atoms with E-state index in [4.69, 9.17) is 16.7 Å². The van der Waals surface area contributed by atoms with Crippen LogP contribution in [0.1, 0.15) is 45.8 Å². The number of pyridine rings is 1. The number of halogens is 6. The van der Waals surface area contributed by atoms with Crippen LogP contribution in [-0.4, -0.2) is 28.5 Å². The summed E-state index contributed by atoms with van der Waals surface area (Å²) >= 11 is 9.49. The van der Waals surface area contributed by atoms with Gasteiger partial charge in [-0.3, -0.25) is 9.59 Å². The number of carboxylic acid groups (broad SMARTS) is 1. The highest BCUT2D eigenvalue weighted by molar-refractivity contribution is 9.10. The van der Waals surface area contributed by atoms with Gasteiger partial charge in [-0.05, 0) is 49.2 Å². The highest BCUT2D eigenvalue weighted by Crippen LogP contribution is 2.38. The van der Waals surface area contributed by atoms with Crippen LogP contribution in [0.25, 0.3) is 10.9 Å². The number of nitrogens with zero attached hydrogens (tertiary/aromatic N) is 1. The molecule has 2 aromatic carbocycles. The largest absolute Gasteiger partial charge is 0.481 e. The molecule has 0 fully saturated rings. The summed E-state index contributed by atoms with van der Waals surface area (Å²) in [6.07, 6.45) is -5.69. The summed E-state index contributed by atoms with van der Waals surface area (Å²) in [5, 5.41) is 12.1. The number of carbonyl (C=O) groups excluding carboxylic acids is 1. The van der Waals surface area contributed by atoms with E-state index >= 15 is 0 Å². The van der Waals surface area contributed by atoms with Crippen molar-refractivity contribution in [2.24, 2.45) is 0 Å². The van der Waals surface area contributed by atoms with Gasteiger partial charge in [-0.15, -0.1) is 0 Å². The molecule has 1 amide bonds. The maximum Gasteiger partial charge on any atom is 0.416 e. The second kappa shape index (κ2) is 10.3. The molecule has 0 bridgehead atoms. The Hall–Kier alpha value is -2.72. The van der Waals surface area contributed by atoms with Crippen molar-refractivity contribution in [1.82, 2.24) is 10.3 Å². The first-order valence-corrected chi connectivity index (χ1v) is 11.2. The van der Waals surface area contributed by atoms with Gasteiger partial charge in [0.2, 0.25) is 0 Å². The summed E-state index contributed by atoms with van der Waals surface area (Å²) in [5.74, 6) is -4.28. The first-order chi connectivity index (χ1) is 15.9. The molecule has 1 atom stereocenters. The Kier molecular flexibility index (Phi) is 7.82. The molecule has 0 aliphatic carbocycles. The lowest BCUT2D eigenvalue weighted by Crippen LogP contribution is -2.31. The lowest BCUT2D eigenvalue weighted by Gasteiger charge is -2.23. The Balaban J connectivity index is 2.00. The fraction of sp³-hybridized carbons (Fsp3) is 0.261. The third-order valence-corrected chi connectivity index (χ3v) is 6.20. The lowest BCUT2D eigenvalue weighted by atomic mass is 9.89. The minimum absolute atomic E-state index is 0.0795. The number of alkyl halides is 3. The van der Waals surface area contributed by atoms with Gasteiger partial charge >= 0.3 is 12.1 Å². The second-order valence-corrected chi connectivity index (χ2v) is 8.88. The number of fused-ring (bicyclic) bond motifs is 1. The molecule has 5 nitrogen and oxygen atoms in total. The molecule has 0 saturated carbocycles. The van der Waals surface area contributed by atoms with Gasteiger partial charge in [-0.25, -0.2) is 9.37 Å². The van der Waals surface area contributed by atoms with Crippen LogP contribution < -0.4 is 5.32 Å². The molecule has 0 saturated heterocycles. The maximum atomic E-state index is 14.6. The average Bonchev–Trinajstić information content (AvgIpc) is 2.74. The first-order valence-electron chi connectivity index (χ1n) is 10.0. The smallest absolute Gasteiger partial charge is 0.416 e. The van der Waals surface area contributed by atoms with E-state index in [0.717, 1.165) is 18.2 Å². The fourth-order valence-corrected chi connectivity index (χ4v) is 4.29. The SMILES string of the molecule is Cc1c(Cl)nc2ccc(Br)cc2c1C(=O)NCC(CCC(=O)O)c1c(F)cccc1C(F)(F)F. The van der Waals surface area contributed by atoms with Gasteiger partial charge in [-0.1, -0.05) is 33.6 Å². The number of carbonyl (C=O) groups is 2. The summed E-state index contributed by atoms with van der Waals surface area (Å²) in [6.45, 7) is 1.15. The van der Waals surface area contributed by atoms with E-state index in [1.165, 1.54) is 0 Å². The van der Waals surface area contributed by atoms with Crippen molar-refractivity contribution < 1.29 is 32.3 Å². The van der Waals surface area contributed by atoms with E-state index in [-0.39, 0.29) is 17.1 Å². The molecule has 0 spiro atoms. The number of hydrogen-bond acceptors (Lipinski definition) is 3. The Morgan fingerprint density at radius 1 is 1.24 bits per heavy atom. The summed E-state index contributed by atoms with van der Waals surface area (Å²) in [5.41, 5.74) is -0.949. The number of hydrogen-bond donors (Lipinski definition) is 2. The molecule has 0 aliphatic rings. The van der Waals surface area contributed by atoms with Crippen LogP contribution in [0.15, 0.2) is 40.9 Å². The molecule has 11 heteroatoms. The zero-order chi connectivity index (χ0) is 25.2. The zero-order valence-electron chi connectivity index (χ0n) is 17.6. The molecular formula is C23H18BrClF4N2O3. The molecule has 1 heterocycles. The van der Waals surface area contributed by atoms with Crippen molar-refractivity contribution in [1.29, 1.82) is 0 Å². The predicted molar refractivity (Wildman–Crippen MR) is 123 cm³/mol. The minimum Gasteiger partial charge on any atom is -0.481 e. The van der Waals surface area contributed by atoms with Crippen LogP contribution in [0.2, 0.25) is 5.15 Å². The number of benzene rings is 2. The van der Waals surface area contributed by atoms with Crippen molar-refractivity contribution in [2.75, 3.05) is 6.54 Å². The Bertz CT molecular complexity index is 1270. The summed E-state index contributed by atoms with van der Waals surface area (Å²) in [6, 6.07) is 7.54. The van der Waals surface area contributed by atoms with Crippen LogP contribution >= 0.6 is 27.5 Å². The maximum absolute atomic E-state index is 14.6. The van der Waals surface area contributed by atoms with E-state index in [2.05, 4.69) is 26.2 Å². The zero-order valence-corrected chi connectivity index (χ0v) is 20.0. The molecular weight excluding hydrogens is 544 g/mol. The number of aliphatic carboxylic acids is 1. The van der Waals surface area contributed by atoms with Crippen molar-refractivity contribution in [3.05, 3.63) is 74.1 Å². The molecule has 180 valence electrons. The van der Waals surface area contributed by atoms with Crippen molar-refractivity contribution >= 4 is 50.3 Å².